The summed E-state index contributed by atoms with van der Waals surface area (Å²) in [6, 6.07) is 3.86. The zero-order valence-electron chi connectivity index (χ0n) is 8.06. The Morgan fingerprint density at radius 1 is 1.33 bits per heavy atom. The van der Waals surface area contributed by atoms with Gasteiger partial charge < -0.3 is 4.98 Å². The molecule has 3 rings (SSSR count). The highest BCUT2D eigenvalue weighted by Gasteiger charge is 2.07. The van der Waals surface area contributed by atoms with Gasteiger partial charge in [0, 0.05) is 12.4 Å². The van der Waals surface area contributed by atoms with Crippen molar-refractivity contribution in [2.45, 2.75) is 6.92 Å². The summed E-state index contributed by atoms with van der Waals surface area (Å²) in [4.78, 5) is 17.0. The molecule has 3 aromatic rings. The second-order valence-electron chi connectivity index (χ2n) is 3.20. The summed E-state index contributed by atoms with van der Waals surface area (Å²) >= 11 is 1.62. The molecule has 0 bridgehead atoms. The van der Waals surface area contributed by atoms with E-state index in [1.807, 2.05) is 25.3 Å². The molecule has 1 N–H and O–H groups in total. The maximum Gasteiger partial charge on any atom is 0.178 e. The summed E-state index contributed by atoms with van der Waals surface area (Å²) in [7, 11) is 0. The van der Waals surface area contributed by atoms with E-state index in [4.69, 9.17) is 0 Å². The molecule has 0 spiro atoms. The summed E-state index contributed by atoms with van der Waals surface area (Å²) in [5, 5.41) is 1.04. The van der Waals surface area contributed by atoms with Crippen LogP contribution in [0.3, 0.4) is 0 Å². The van der Waals surface area contributed by atoms with Gasteiger partial charge in [0.05, 0.1) is 15.4 Å². The SMILES string of the molecule is Cc1ncc(-c2nc3ncccc3[nH]2)s1. The van der Waals surface area contributed by atoms with Crippen LogP contribution in [0.2, 0.25) is 0 Å². The Morgan fingerprint density at radius 3 is 3.00 bits per heavy atom. The lowest BCUT2D eigenvalue weighted by molar-refractivity contribution is 1.28. The smallest absolute Gasteiger partial charge is 0.178 e. The Balaban J connectivity index is 2.19. The molecule has 0 aliphatic rings. The minimum atomic E-state index is 0.749. The van der Waals surface area contributed by atoms with Crippen molar-refractivity contribution in [2.75, 3.05) is 0 Å². The van der Waals surface area contributed by atoms with Crippen LogP contribution in [0.25, 0.3) is 21.9 Å². The third-order valence-corrected chi connectivity index (χ3v) is 3.03. The highest BCUT2D eigenvalue weighted by Crippen LogP contribution is 2.24. The van der Waals surface area contributed by atoms with Gasteiger partial charge in [0.1, 0.15) is 0 Å². The maximum atomic E-state index is 4.40. The number of pyridine rings is 1. The van der Waals surface area contributed by atoms with Gasteiger partial charge in [-0.2, -0.15) is 0 Å². The van der Waals surface area contributed by atoms with Crippen molar-refractivity contribution >= 4 is 22.5 Å². The van der Waals surface area contributed by atoms with E-state index in [0.29, 0.717) is 0 Å². The van der Waals surface area contributed by atoms with Crippen LogP contribution in [-0.4, -0.2) is 19.9 Å². The molecule has 15 heavy (non-hydrogen) atoms. The van der Waals surface area contributed by atoms with Gasteiger partial charge in [-0.1, -0.05) is 0 Å². The Bertz CT molecular complexity index is 577. The molecule has 0 aliphatic heterocycles. The lowest BCUT2D eigenvalue weighted by atomic mass is 10.4. The first kappa shape index (κ1) is 8.55. The molecule has 3 heterocycles. The Labute approximate surface area is 90.0 Å². The van der Waals surface area contributed by atoms with Gasteiger partial charge in [-0.3, -0.25) is 0 Å². The van der Waals surface area contributed by atoms with Crippen molar-refractivity contribution in [1.29, 1.82) is 0 Å². The average molecular weight is 216 g/mol. The molecule has 0 atom stereocenters. The van der Waals surface area contributed by atoms with Gasteiger partial charge in [0.15, 0.2) is 11.5 Å². The van der Waals surface area contributed by atoms with E-state index in [1.165, 1.54) is 0 Å². The monoisotopic (exact) mass is 216 g/mol. The molecular weight excluding hydrogens is 208 g/mol. The van der Waals surface area contributed by atoms with Crippen LogP contribution in [0, 0.1) is 6.92 Å². The van der Waals surface area contributed by atoms with Gasteiger partial charge in [-0.25, -0.2) is 15.0 Å². The van der Waals surface area contributed by atoms with Crippen LogP contribution in [0.5, 0.6) is 0 Å². The molecule has 3 aromatic heterocycles. The summed E-state index contributed by atoms with van der Waals surface area (Å²) in [6.45, 7) is 1.98. The van der Waals surface area contributed by atoms with Crippen LogP contribution in [-0.2, 0) is 0 Å². The first-order valence-electron chi connectivity index (χ1n) is 4.56. The third-order valence-electron chi connectivity index (χ3n) is 2.11. The van der Waals surface area contributed by atoms with Gasteiger partial charge in [0.2, 0.25) is 0 Å². The predicted octanol–water partition coefficient (Wildman–Crippen LogP) is 2.39. The number of H-pyrrole nitrogens is 1. The summed E-state index contributed by atoms with van der Waals surface area (Å²) < 4.78 is 0. The van der Waals surface area contributed by atoms with Crippen LogP contribution in [0.15, 0.2) is 24.5 Å². The van der Waals surface area contributed by atoms with E-state index in [1.54, 1.807) is 17.5 Å². The zero-order chi connectivity index (χ0) is 10.3. The molecule has 74 valence electrons. The molecule has 0 aromatic carbocycles. The van der Waals surface area contributed by atoms with Crippen molar-refractivity contribution in [2.24, 2.45) is 0 Å². The molecule has 5 heteroatoms. The van der Waals surface area contributed by atoms with Crippen molar-refractivity contribution < 1.29 is 0 Å². The van der Waals surface area contributed by atoms with Gasteiger partial charge in [0.25, 0.3) is 0 Å². The Hall–Kier alpha value is -1.75. The predicted molar refractivity (Wildman–Crippen MR) is 59.7 cm³/mol. The largest absolute Gasteiger partial charge is 0.336 e. The lowest BCUT2D eigenvalue weighted by Gasteiger charge is -1.85. The number of rotatable bonds is 1. The quantitative estimate of drug-likeness (QED) is 0.679. The van der Waals surface area contributed by atoms with E-state index in [2.05, 4.69) is 19.9 Å². The van der Waals surface area contributed by atoms with Crippen LogP contribution < -0.4 is 0 Å². The van der Waals surface area contributed by atoms with Crippen molar-refractivity contribution in [3.05, 3.63) is 29.5 Å². The van der Waals surface area contributed by atoms with E-state index in [0.717, 1.165) is 26.9 Å². The summed E-state index contributed by atoms with van der Waals surface area (Å²) in [6.07, 6.45) is 3.57. The lowest BCUT2D eigenvalue weighted by Crippen LogP contribution is -1.73. The number of aryl methyl sites for hydroxylation is 1. The molecule has 0 fully saturated rings. The molecule has 0 saturated carbocycles. The van der Waals surface area contributed by atoms with Crippen LogP contribution >= 0.6 is 11.3 Å². The summed E-state index contributed by atoms with van der Waals surface area (Å²) in [5.74, 6) is 0.842. The van der Waals surface area contributed by atoms with E-state index < -0.39 is 0 Å². The second kappa shape index (κ2) is 3.13. The normalized spacial score (nSPS) is 11.0. The molecule has 4 nitrogen and oxygen atoms in total. The molecule has 0 amide bonds. The third kappa shape index (κ3) is 1.41. The number of thiazole rings is 1. The minimum absolute atomic E-state index is 0.749. The number of hydrogen-bond donors (Lipinski definition) is 1. The maximum absolute atomic E-state index is 4.40. The van der Waals surface area contributed by atoms with Crippen LogP contribution in [0.1, 0.15) is 5.01 Å². The molecule has 0 saturated heterocycles. The van der Waals surface area contributed by atoms with E-state index in [-0.39, 0.29) is 0 Å². The van der Waals surface area contributed by atoms with E-state index >= 15 is 0 Å². The highest BCUT2D eigenvalue weighted by atomic mass is 32.1. The topological polar surface area (TPSA) is 54.5 Å². The molecular formula is C10H8N4S. The first-order chi connectivity index (χ1) is 7.33. The second-order valence-corrected chi connectivity index (χ2v) is 4.44. The number of imidazole rings is 1. The average Bonchev–Trinajstić information content (AvgIpc) is 2.82. The van der Waals surface area contributed by atoms with Gasteiger partial charge >= 0.3 is 0 Å². The highest BCUT2D eigenvalue weighted by molar-refractivity contribution is 7.14. The Morgan fingerprint density at radius 2 is 2.27 bits per heavy atom. The zero-order valence-corrected chi connectivity index (χ0v) is 8.88. The van der Waals surface area contributed by atoms with E-state index in [9.17, 15) is 0 Å². The van der Waals surface area contributed by atoms with Crippen molar-refractivity contribution in [3.8, 4) is 10.7 Å². The molecule has 0 radical (unpaired) electrons. The number of aromatic amines is 1. The number of fused-ring (bicyclic) bond motifs is 1. The minimum Gasteiger partial charge on any atom is -0.336 e. The fourth-order valence-corrected chi connectivity index (χ4v) is 2.16. The number of nitrogens with zero attached hydrogens (tertiary/aromatic N) is 3. The summed E-state index contributed by atoms with van der Waals surface area (Å²) in [5.41, 5.74) is 1.71. The number of nitrogens with one attached hydrogen (secondary N) is 1. The van der Waals surface area contributed by atoms with Gasteiger partial charge in [-0.05, 0) is 19.1 Å². The molecule has 0 unspecified atom stereocenters. The standard InChI is InChI=1S/C10H8N4S/c1-6-12-5-8(15-6)10-13-7-3-2-4-11-9(7)14-10/h2-5H,1H3,(H,11,13,14). The van der Waals surface area contributed by atoms with Crippen molar-refractivity contribution in [3.63, 3.8) is 0 Å². The first-order valence-corrected chi connectivity index (χ1v) is 5.38. The fraction of sp³-hybridized carbons (Fsp3) is 0.100. The van der Waals surface area contributed by atoms with Crippen LogP contribution in [0.4, 0.5) is 0 Å². The number of aromatic nitrogens is 4. The van der Waals surface area contributed by atoms with Crippen molar-refractivity contribution in [1.82, 2.24) is 19.9 Å². The Kier molecular flexibility index (Phi) is 1.78. The fourth-order valence-electron chi connectivity index (χ4n) is 1.43. The number of hydrogen-bond acceptors (Lipinski definition) is 4. The molecule has 0 aliphatic carbocycles. The van der Waals surface area contributed by atoms with Gasteiger partial charge in [-0.15, -0.1) is 11.3 Å².